The summed E-state index contributed by atoms with van der Waals surface area (Å²) in [5.74, 6) is 0.122. The standard InChI is InChI=1S/C19H18O7S2/c1-27(21,22)25-18-11-5-15(6-12-18)3-9-17(20)10-4-16-7-13-19(14-8-16)26-28(2,23)24/h3-14H,1-2H3/b9-3+,10-4+. The molecule has 0 aliphatic carbocycles. The molecule has 0 amide bonds. The summed E-state index contributed by atoms with van der Waals surface area (Å²) < 4.78 is 53.7. The highest BCUT2D eigenvalue weighted by molar-refractivity contribution is 7.86. The summed E-state index contributed by atoms with van der Waals surface area (Å²) in [5, 5.41) is 0. The molecule has 0 heterocycles. The Balaban J connectivity index is 1.95. The first-order chi connectivity index (χ1) is 13.0. The highest BCUT2D eigenvalue weighted by Gasteiger charge is 2.04. The molecular formula is C19H18O7S2. The Bertz CT molecular complexity index is 1000. The number of ketones is 1. The summed E-state index contributed by atoms with van der Waals surface area (Å²) in [6, 6.07) is 12.4. The molecule has 0 atom stereocenters. The second-order valence-electron chi connectivity index (χ2n) is 5.78. The van der Waals surface area contributed by atoms with Crippen LogP contribution in [0.1, 0.15) is 11.1 Å². The molecule has 0 saturated carbocycles. The highest BCUT2D eigenvalue weighted by atomic mass is 32.2. The molecule has 0 aliphatic rings. The van der Waals surface area contributed by atoms with Crippen molar-refractivity contribution in [2.45, 2.75) is 0 Å². The Morgan fingerprint density at radius 1 is 0.679 bits per heavy atom. The normalized spacial score (nSPS) is 12.4. The number of benzene rings is 2. The Labute approximate surface area is 164 Å². The fourth-order valence-electron chi connectivity index (χ4n) is 2.03. The van der Waals surface area contributed by atoms with E-state index < -0.39 is 20.2 Å². The smallest absolute Gasteiger partial charge is 0.306 e. The number of rotatable bonds is 8. The molecule has 0 radical (unpaired) electrons. The molecule has 2 rings (SSSR count). The number of hydrogen-bond acceptors (Lipinski definition) is 7. The summed E-state index contributed by atoms with van der Waals surface area (Å²) >= 11 is 0. The molecule has 0 unspecified atom stereocenters. The summed E-state index contributed by atoms with van der Waals surface area (Å²) in [5.41, 5.74) is 1.40. The van der Waals surface area contributed by atoms with Crippen LogP contribution < -0.4 is 8.37 Å². The fourth-order valence-corrected chi connectivity index (χ4v) is 2.95. The molecule has 0 fully saturated rings. The molecule has 0 aromatic heterocycles. The van der Waals surface area contributed by atoms with Gasteiger partial charge in [-0.1, -0.05) is 36.4 Å². The van der Waals surface area contributed by atoms with Gasteiger partial charge in [-0.25, -0.2) is 0 Å². The van der Waals surface area contributed by atoms with Crippen LogP contribution in [0.4, 0.5) is 0 Å². The van der Waals surface area contributed by atoms with Crippen molar-refractivity contribution in [1.82, 2.24) is 0 Å². The SMILES string of the molecule is CS(=O)(=O)Oc1ccc(/C=C/C(=O)/C=C/c2ccc(OS(C)(=O)=O)cc2)cc1. The van der Waals surface area contributed by atoms with Crippen LogP contribution in [0.5, 0.6) is 11.5 Å². The molecule has 0 N–H and O–H groups in total. The van der Waals surface area contributed by atoms with Gasteiger partial charge in [-0.3, -0.25) is 4.79 Å². The maximum atomic E-state index is 11.9. The van der Waals surface area contributed by atoms with E-state index in [4.69, 9.17) is 8.37 Å². The Morgan fingerprint density at radius 3 is 1.29 bits per heavy atom. The van der Waals surface area contributed by atoms with Gasteiger partial charge >= 0.3 is 20.2 Å². The monoisotopic (exact) mass is 422 g/mol. The van der Waals surface area contributed by atoms with E-state index in [9.17, 15) is 21.6 Å². The number of carbonyl (C=O) groups is 1. The van der Waals surface area contributed by atoms with Crippen LogP contribution in [-0.4, -0.2) is 35.1 Å². The van der Waals surface area contributed by atoms with Gasteiger partial charge < -0.3 is 8.37 Å². The number of allylic oxidation sites excluding steroid dienone is 2. The van der Waals surface area contributed by atoms with Crippen LogP contribution in [0.2, 0.25) is 0 Å². The molecule has 148 valence electrons. The summed E-state index contributed by atoms with van der Waals surface area (Å²) in [7, 11) is -7.16. The van der Waals surface area contributed by atoms with Gasteiger partial charge in [0.15, 0.2) is 5.78 Å². The van der Waals surface area contributed by atoms with E-state index in [1.54, 1.807) is 36.4 Å². The maximum absolute atomic E-state index is 11.9. The van der Waals surface area contributed by atoms with E-state index in [1.165, 1.54) is 36.4 Å². The quantitative estimate of drug-likeness (QED) is 0.476. The van der Waals surface area contributed by atoms with Crippen LogP contribution in [-0.2, 0) is 25.0 Å². The van der Waals surface area contributed by atoms with Gasteiger partial charge in [0.1, 0.15) is 11.5 Å². The van der Waals surface area contributed by atoms with Crippen molar-refractivity contribution < 1.29 is 30.0 Å². The molecule has 2 aromatic carbocycles. The predicted octanol–water partition coefficient (Wildman–Crippen LogP) is 2.66. The highest BCUT2D eigenvalue weighted by Crippen LogP contribution is 2.16. The maximum Gasteiger partial charge on any atom is 0.306 e. The molecule has 0 saturated heterocycles. The molecule has 7 nitrogen and oxygen atoms in total. The van der Waals surface area contributed by atoms with Crippen molar-refractivity contribution in [1.29, 1.82) is 0 Å². The average molecular weight is 422 g/mol. The second-order valence-corrected chi connectivity index (χ2v) is 8.93. The molecule has 28 heavy (non-hydrogen) atoms. The van der Waals surface area contributed by atoms with Crippen LogP contribution in [0.3, 0.4) is 0 Å². The van der Waals surface area contributed by atoms with E-state index in [0.717, 1.165) is 12.5 Å². The van der Waals surface area contributed by atoms with Gasteiger partial charge in [0.25, 0.3) is 0 Å². The van der Waals surface area contributed by atoms with Gasteiger partial charge in [-0.15, -0.1) is 0 Å². The molecule has 2 aromatic rings. The predicted molar refractivity (Wildman–Crippen MR) is 107 cm³/mol. The lowest BCUT2D eigenvalue weighted by Gasteiger charge is -2.02. The third-order valence-corrected chi connectivity index (χ3v) is 4.13. The van der Waals surface area contributed by atoms with E-state index in [2.05, 4.69) is 0 Å². The molecular weight excluding hydrogens is 404 g/mol. The summed E-state index contributed by atoms with van der Waals surface area (Å²) in [6.45, 7) is 0. The van der Waals surface area contributed by atoms with Crippen LogP contribution in [0.25, 0.3) is 12.2 Å². The van der Waals surface area contributed by atoms with Crippen LogP contribution >= 0.6 is 0 Å². The van der Waals surface area contributed by atoms with E-state index in [0.29, 0.717) is 11.1 Å². The minimum Gasteiger partial charge on any atom is -0.383 e. The number of carbonyl (C=O) groups excluding carboxylic acids is 1. The van der Waals surface area contributed by atoms with Crippen molar-refractivity contribution in [3.8, 4) is 11.5 Å². The van der Waals surface area contributed by atoms with E-state index >= 15 is 0 Å². The Hall–Kier alpha value is -2.91. The minimum atomic E-state index is -3.58. The largest absolute Gasteiger partial charge is 0.383 e. The van der Waals surface area contributed by atoms with Gasteiger partial charge in [-0.2, -0.15) is 16.8 Å². The van der Waals surface area contributed by atoms with Gasteiger partial charge in [0, 0.05) is 0 Å². The second kappa shape index (κ2) is 8.85. The van der Waals surface area contributed by atoms with Gasteiger partial charge in [0.05, 0.1) is 12.5 Å². The topological polar surface area (TPSA) is 104 Å². The molecule has 9 heteroatoms. The molecule has 0 bridgehead atoms. The first kappa shape index (κ1) is 21.4. The third-order valence-electron chi connectivity index (χ3n) is 3.14. The van der Waals surface area contributed by atoms with Crippen molar-refractivity contribution in [2.75, 3.05) is 12.5 Å². The van der Waals surface area contributed by atoms with Crippen LogP contribution in [0.15, 0.2) is 60.7 Å². The lowest BCUT2D eigenvalue weighted by atomic mass is 10.1. The van der Waals surface area contributed by atoms with E-state index in [-0.39, 0.29) is 17.3 Å². The van der Waals surface area contributed by atoms with E-state index in [1.807, 2.05) is 0 Å². The van der Waals surface area contributed by atoms with Crippen molar-refractivity contribution in [3.05, 3.63) is 71.8 Å². The Morgan fingerprint density at radius 2 is 1.00 bits per heavy atom. The van der Waals surface area contributed by atoms with Crippen molar-refractivity contribution in [2.24, 2.45) is 0 Å². The Kier molecular flexibility index (Phi) is 6.76. The molecule has 0 aliphatic heterocycles. The first-order valence-electron chi connectivity index (χ1n) is 7.89. The summed E-state index contributed by atoms with van der Waals surface area (Å²) in [4.78, 5) is 11.9. The fraction of sp³-hybridized carbons (Fsp3) is 0.105. The van der Waals surface area contributed by atoms with Gasteiger partial charge in [-0.05, 0) is 47.5 Å². The van der Waals surface area contributed by atoms with Crippen LogP contribution in [0, 0.1) is 0 Å². The van der Waals surface area contributed by atoms with Crippen molar-refractivity contribution in [3.63, 3.8) is 0 Å². The third kappa shape index (κ3) is 8.19. The van der Waals surface area contributed by atoms with Gasteiger partial charge in [0.2, 0.25) is 0 Å². The minimum absolute atomic E-state index is 0.189. The van der Waals surface area contributed by atoms with Crippen molar-refractivity contribution >= 4 is 38.2 Å². The average Bonchev–Trinajstić information content (AvgIpc) is 2.58. The first-order valence-corrected chi connectivity index (χ1v) is 11.5. The zero-order valence-corrected chi connectivity index (χ0v) is 16.7. The lowest BCUT2D eigenvalue weighted by Crippen LogP contribution is -2.05. The zero-order chi connectivity index (χ0) is 20.8. The molecule has 0 spiro atoms. The number of hydrogen-bond donors (Lipinski definition) is 0. The summed E-state index contributed by atoms with van der Waals surface area (Å²) in [6.07, 6.45) is 7.81. The zero-order valence-electron chi connectivity index (χ0n) is 15.1. The lowest BCUT2D eigenvalue weighted by molar-refractivity contribution is -0.110.